The maximum Gasteiger partial charge on any atom is 0.250 e. The number of anilines is 2. The lowest BCUT2D eigenvalue weighted by Crippen LogP contribution is -2.13. The predicted octanol–water partition coefficient (Wildman–Crippen LogP) is 3.03. The first-order chi connectivity index (χ1) is 11.6. The van der Waals surface area contributed by atoms with E-state index in [0.717, 1.165) is 22.9 Å². The van der Waals surface area contributed by atoms with Crippen LogP contribution in [0.15, 0.2) is 54.6 Å². The summed E-state index contributed by atoms with van der Waals surface area (Å²) in [7, 11) is 1.63. The monoisotopic (exact) mass is 322 g/mol. The molecule has 0 atom stereocenters. The summed E-state index contributed by atoms with van der Waals surface area (Å²) in [6.45, 7) is 1.91. The lowest BCUT2D eigenvalue weighted by molar-refractivity contribution is 0.100. The van der Waals surface area contributed by atoms with Crippen molar-refractivity contribution in [2.45, 2.75) is 6.92 Å². The zero-order valence-electron chi connectivity index (χ0n) is 13.5. The average molecular weight is 322 g/mol. The molecule has 2 aromatic carbocycles. The summed E-state index contributed by atoms with van der Waals surface area (Å²) in [6, 6.07) is 16.6. The predicted molar refractivity (Wildman–Crippen MR) is 93.1 cm³/mol. The third-order valence-electron chi connectivity index (χ3n) is 3.60. The van der Waals surface area contributed by atoms with Gasteiger partial charge in [0, 0.05) is 6.07 Å². The number of methoxy groups -OCH3 is 1. The van der Waals surface area contributed by atoms with Crippen molar-refractivity contribution >= 4 is 17.4 Å². The van der Waals surface area contributed by atoms with Crippen LogP contribution in [0.3, 0.4) is 0 Å². The van der Waals surface area contributed by atoms with Crippen molar-refractivity contribution in [3.05, 3.63) is 65.9 Å². The van der Waals surface area contributed by atoms with Crippen LogP contribution >= 0.6 is 0 Å². The van der Waals surface area contributed by atoms with E-state index in [4.69, 9.17) is 10.5 Å². The van der Waals surface area contributed by atoms with E-state index in [-0.39, 0.29) is 0 Å². The normalized spacial score (nSPS) is 10.4. The van der Waals surface area contributed by atoms with Crippen LogP contribution in [-0.4, -0.2) is 22.8 Å². The lowest BCUT2D eigenvalue weighted by atomic mass is 10.1. The summed E-state index contributed by atoms with van der Waals surface area (Å²) in [4.78, 5) is 11.6. The van der Waals surface area contributed by atoms with Crippen LogP contribution in [0.5, 0.6) is 5.75 Å². The summed E-state index contributed by atoms with van der Waals surface area (Å²) in [6.07, 6.45) is 0. The highest BCUT2D eigenvalue weighted by atomic mass is 16.5. The third kappa shape index (κ3) is 3.08. The van der Waals surface area contributed by atoms with E-state index >= 15 is 0 Å². The van der Waals surface area contributed by atoms with Gasteiger partial charge >= 0.3 is 0 Å². The number of hydrogen-bond acceptors (Lipinski definition) is 4. The van der Waals surface area contributed by atoms with Crippen LogP contribution in [0.2, 0.25) is 0 Å². The SMILES string of the molecule is COc1ccc(-n2nc(C)cc2Nc2ccccc2C(N)=O)cc1. The van der Waals surface area contributed by atoms with Gasteiger partial charge in [-0.05, 0) is 43.3 Å². The quantitative estimate of drug-likeness (QED) is 0.756. The van der Waals surface area contributed by atoms with E-state index in [1.54, 1.807) is 30.0 Å². The Hall–Kier alpha value is -3.28. The van der Waals surface area contributed by atoms with Crippen LogP contribution in [0, 0.1) is 6.92 Å². The van der Waals surface area contributed by atoms with Crippen molar-refractivity contribution in [1.82, 2.24) is 9.78 Å². The molecule has 0 aliphatic rings. The molecule has 6 nitrogen and oxygen atoms in total. The second-order valence-electron chi connectivity index (χ2n) is 5.32. The van der Waals surface area contributed by atoms with Gasteiger partial charge in [-0.2, -0.15) is 5.10 Å². The molecule has 0 saturated carbocycles. The minimum absolute atomic E-state index is 0.428. The second-order valence-corrected chi connectivity index (χ2v) is 5.32. The summed E-state index contributed by atoms with van der Waals surface area (Å²) in [5, 5.41) is 7.74. The number of rotatable bonds is 5. The van der Waals surface area contributed by atoms with Crippen molar-refractivity contribution in [2.24, 2.45) is 5.73 Å². The molecule has 0 spiro atoms. The number of nitrogens with two attached hydrogens (primary N) is 1. The highest BCUT2D eigenvalue weighted by Crippen LogP contribution is 2.25. The summed E-state index contributed by atoms with van der Waals surface area (Å²) in [5.74, 6) is 1.04. The van der Waals surface area contributed by atoms with E-state index < -0.39 is 5.91 Å². The molecular formula is C18H18N4O2. The highest BCUT2D eigenvalue weighted by Gasteiger charge is 2.12. The molecule has 1 amide bonds. The number of primary amides is 1. The second kappa shape index (κ2) is 6.45. The highest BCUT2D eigenvalue weighted by molar-refractivity contribution is 5.99. The van der Waals surface area contributed by atoms with Gasteiger partial charge in [0.1, 0.15) is 11.6 Å². The number of aromatic nitrogens is 2. The Labute approximate surface area is 139 Å². The molecule has 6 heteroatoms. The molecule has 0 aliphatic carbocycles. The summed E-state index contributed by atoms with van der Waals surface area (Å²) >= 11 is 0. The first-order valence-electron chi connectivity index (χ1n) is 7.45. The Kier molecular flexibility index (Phi) is 4.20. The Morgan fingerprint density at radius 1 is 1.17 bits per heavy atom. The van der Waals surface area contributed by atoms with Gasteiger partial charge in [-0.1, -0.05) is 12.1 Å². The number of benzene rings is 2. The van der Waals surface area contributed by atoms with E-state index in [0.29, 0.717) is 11.3 Å². The maximum absolute atomic E-state index is 11.6. The van der Waals surface area contributed by atoms with Gasteiger partial charge in [0.25, 0.3) is 5.91 Å². The van der Waals surface area contributed by atoms with E-state index in [2.05, 4.69) is 10.4 Å². The number of ether oxygens (including phenoxy) is 1. The number of nitrogens with one attached hydrogen (secondary N) is 1. The van der Waals surface area contributed by atoms with Gasteiger partial charge in [0.2, 0.25) is 0 Å². The number of nitrogens with zero attached hydrogens (tertiary/aromatic N) is 2. The molecule has 0 aliphatic heterocycles. The van der Waals surface area contributed by atoms with Crippen molar-refractivity contribution in [3.63, 3.8) is 0 Å². The molecule has 0 unspecified atom stereocenters. The van der Waals surface area contributed by atoms with Gasteiger partial charge in [-0.15, -0.1) is 0 Å². The third-order valence-corrected chi connectivity index (χ3v) is 3.60. The van der Waals surface area contributed by atoms with E-state index in [9.17, 15) is 4.79 Å². The molecule has 0 bridgehead atoms. The fraction of sp³-hybridized carbons (Fsp3) is 0.111. The number of hydrogen-bond donors (Lipinski definition) is 2. The lowest BCUT2D eigenvalue weighted by Gasteiger charge is -2.12. The molecule has 0 saturated heterocycles. The minimum atomic E-state index is -0.481. The molecule has 1 heterocycles. The molecule has 122 valence electrons. The van der Waals surface area contributed by atoms with E-state index in [1.165, 1.54) is 0 Å². The van der Waals surface area contributed by atoms with Crippen molar-refractivity contribution in [1.29, 1.82) is 0 Å². The summed E-state index contributed by atoms with van der Waals surface area (Å²) < 4.78 is 6.95. The fourth-order valence-electron chi connectivity index (χ4n) is 2.45. The Balaban J connectivity index is 1.99. The zero-order valence-corrected chi connectivity index (χ0v) is 13.5. The van der Waals surface area contributed by atoms with Gasteiger partial charge in [0.15, 0.2) is 0 Å². The maximum atomic E-state index is 11.6. The molecular weight excluding hydrogens is 304 g/mol. The van der Waals surface area contributed by atoms with Gasteiger partial charge < -0.3 is 15.8 Å². The number of carbonyl (C=O) groups excluding carboxylic acids is 1. The van der Waals surface area contributed by atoms with Crippen LogP contribution in [0.25, 0.3) is 5.69 Å². The molecule has 3 aromatic rings. The number of aryl methyl sites for hydroxylation is 1. The Bertz CT molecular complexity index is 869. The number of amides is 1. The van der Waals surface area contributed by atoms with Crippen LogP contribution in [-0.2, 0) is 0 Å². The first-order valence-corrected chi connectivity index (χ1v) is 7.45. The zero-order chi connectivity index (χ0) is 17.1. The minimum Gasteiger partial charge on any atom is -0.497 e. The standard InChI is InChI=1S/C18H18N4O2/c1-12-11-17(20-16-6-4-3-5-15(16)18(19)23)22(21-12)13-7-9-14(24-2)10-8-13/h3-11,20H,1-2H3,(H2,19,23). The largest absolute Gasteiger partial charge is 0.497 e. The number of para-hydroxylation sites is 1. The molecule has 3 rings (SSSR count). The smallest absolute Gasteiger partial charge is 0.250 e. The van der Waals surface area contributed by atoms with Gasteiger partial charge in [-0.3, -0.25) is 4.79 Å². The average Bonchev–Trinajstić information content (AvgIpc) is 2.95. The molecule has 24 heavy (non-hydrogen) atoms. The van der Waals surface area contributed by atoms with Crippen LogP contribution in [0.1, 0.15) is 16.1 Å². The molecule has 0 radical (unpaired) electrons. The van der Waals surface area contributed by atoms with Gasteiger partial charge in [0.05, 0.1) is 29.7 Å². The van der Waals surface area contributed by atoms with E-state index in [1.807, 2.05) is 43.3 Å². The first kappa shape index (κ1) is 15.6. The molecule has 0 fully saturated rings. The summed E-state index contributed by atoms with van der Waals surface area (Å²) in [5.41, 5.74) is 8.24. The van der Waals surface area contributed by atoms with Gasteiger partial charge in [-0.25, -0.2) is 4.68 Å². The van der Waals surface area contributed by atoms with Crippen molar-refractivity contribution < 1.29 is 9.53 Å². The van der Waals surface area contributed by atoms with Crippen LogP contribution < -0.4 is 15.8 Å². The van der Waals surface area contributed by atoms with Crippen LogP contribution in [0.4, 0.5) is 11.5 Å². The molecule has 3 N–H and O–H groups in total. The topological polar surface area (TPSA) is 82.2 Å². The Morgan fingerprint density at radius 3 is 2.54 bits per heavy atom. The number of carbonyl (C=O) groups is 1. The van der Waals surface area contributed by atoms with Crippen molar-refractivity contribution in [2.75, 3.05) is 12.4 Å². The molecule has 1 aromatic heterocycles. The Morgan fingerprint density at radius 2 is 1.88 bits per heavy atom. The van der Waals surface area contributed by atoms with Crippen molar-refractivity contribution in [3.8, 4) is 11.4 Å². The fourth-order valence-corrected chi connectivity index (χ4v) is 2.45.